The molecule has 0 heterocycles. The maximum absolute atomic E-state index is 13.3. The Balaban J connectivity index is 2.11. The number of anilines is 1. The van der Waals surface area contributed by atoms with E-state index in [9.17, 15) is 14.0 Å². The molecule has 0 fully saturated rings. The molecular formula is C18H18ClFN2O2. The van der Waals surface area contributed by atoms with E-state index in [-0.39, 0.29) is 16.5 Å². The molecule has 126 valence electrons. The topological polar surface area (TPSA) is 58.2 Å². The third-order valence-corrected chi connectivity index (χ3v) is 3.71. The van der Waals surface area contributed by atoms with Gasteiger partial charge < -0.3 is 10.6 Å². The molecule has 0 spiro atoms. The highest BCUT2D eigenvalue weighted by Gasteiger charge is 2.17. The Labute approximate surface area is 145 Å². The minimum atomic E-state index is -0.691. The van der Waals surface area contributed by atoms with Crippen molar-refractivity contribution in [3.63, 3.8) is 0 Å². The van der Waals surface area contributed by atoms with Crippen molar-refractivity contribution in [2.24, 2.45) is 0 Å². The highest BCUT2D eigenvalue weighted by molar-refractivity contribution is 6.34. The number of rotatable bonds is 6. The number of carbonyl (C=O) groups is 2. The maximum Gasteiger partial charge on any atom is 0.253 e. The Bertz CT molecular complexity index is 722. The molecule has 0 saturated carbocycles. The zero-order valence-electron chi connectivity index (χ0n) is 13.2. The van der Waals surface area contributed by atoms with Gasteiger partial charge in [0.05, 0.1) is 16.6 Å². The summed E-state index contributed by atoms with van der Waals surface area (Å²) in [7, 11) is 0. The minimum absolute atomic E-state index is 0.189. The monoisotopic (exact) mass is 348 g/mol. The Kier molecular flexibility index (Phi) is 6.32. The summed E-state index contributed by atoms with van der Waals surface area (Å²) in [5, 5.41) is 5.46. The van der Waals surface area contributed by atoms with Gasteiger partial charge in [0.15, 0.2) is 0 Å². The highest BCUT2D eigenvalue weighted by atomic mass is 35.5. The van der Waals surface area contributed by atoms with Gasteiger partial charge in [0, 0.05) is 12.6 Å². The molecule has 0 radical (unpaired) electrons. The first-order valence-corrected chi connectivity index (χ1v) is 7.85. The number of carbonyl (C=O) groups excluding carboxylic acids is 2. The molecule has 4 nitrogen and oxygen atoms in total. The fourth-order valence-electron chi connectivity index (χ4n) is 2.29. The molecular weight excluding hydrogens is 331 g/mol. The van der Waals surface area contributed by atoms with Crippen LogP contribution in [0.2, 0.25) is 5.02 Å². The van der Waals surface area contributed by atoms with Crippen LogP contribution in [0.25, 0.3) is 0 Å². The van der Waals surface area contributed by atoms with Gasteiger partial charge in [-0.2, -0.15) is 0 Å². The molecule has 0 aromatic heterocycles. The average molecular weight is 349 g/mol. The molecule has 1 atom stereocenters. The molecule has 0 aliphatic heterocycles. The summed E-state index contributed by atoms with van der Waals surface area (Å²) in [4.78, 5) is 23.5. The van der Waals surface area contributed by atoms with Crippen molar-refractivity contribution in [3.05, 3.63) is 64.7 Å². The molecule has 2 amide bonds. The van der Waals surface area contributed by atoms with Gasteiger partial charge in [-0.15, -0.1) is 0 Å². The Morgan fingerprint density at radius 2 is 1.88 bits per heavy atom. The number of hydrogen-bond donors (Lipinski definition) is 2. The molecule has 2 aromatic rings. The lowest BCUT2D eigenvalue weighted by molar-refractivity contribution is -0.114. The first kappa shape index (κ1) is 17.9. The van der Waals surface area contributed by atoms with E-state index in [0.29, 0.717) is 12.1 Å². The largest absolute Gasteiger partial charge is 0.346 e. The van der Waals surface area contributed by atoms with Crippen molar-refractivity contribution < 1.29 is 14.0 Å². The molecule has 6 heteroatoms. The Morgan fingerprint density at radius 1 is 1.17 bits per heavy atom. The second kappa shape index (κ2) is 8.45. The van der Waals surface area contributed by atoms with Gasteiger partial charge in [-0.05, 0) is 30.2 Å². The minimum Gasteiger partial charge on any atom is -0.346 e. The third-order valence-electron chi connectivity index (χ3n) is 3.38. The standard InChI is InChI=1S/C18H18ClFN2O2/c1-12(23)21-14-7-8-17(19)16(10-14)18(24)22-15(11-20)9-13-5-3-2-4-6-13/h2-8,10,15H,9,11H2,1H3,(H,21,23)(H,22,24)/t15-/m1/s1. The van der Waals surface area contributed by atoms with E-state index in [1.165, 1.54) is 19.1 Å². The van der Waals surface area contributed by atoms with Gasteiger partial charge in [0.1, 0.15) is 6.67 Å². The van der Waals surface area contributed by atoms with Gasteiger partial charge in [0.25, 0.3) is 5.91 Å². The summed E-state index contributed by atoms with van der Waals surface area (Å²) < 4.78 is 13.3. The van der Waals surface area contributed by atoms with Crippen LogP contribution >= 0.6 is 11.6 Å². The van der Waals surface area contributed by atoms with Gasteiger partial charge in [0.2, 0.25) is 5.91 Å². The molecule has 0 unspecified atom stereocenters. The summed E-state index contributed by atoms with van der Waals surface area (Å²) in [5.41, 5.74) is 1.57. The van der Waals surface area contributed by atoms with Crippen molar-refractivity contribution in [3.8, 4) is 0 Å². The van der Waals surface area contributed by atoms with Crippen LogP contribution in [0.1, 0.15) is 22.8 Å². The average Bonchev–Trinajstić information content (AvgIpc) is 2.56. The zero-order valence-corrected chi connectivity index (χ0v) is 13.9. The predicted molar refractivity (Wildman–Crippen MR) is 93.1 cm³/mol. The highest BCUT2D eigenvalue weighted by Crippen LogP contribution is 2.21. The summed E-state index contributed by atoms with van der Waals surface area (Å²) in [6.45, 7) is 0.678. The van der Waals surface area contributed by atoms with E-state index >= 15 is 0 Å². The van der Waals surface area contributed by atoms with Gasteiger partial charge in [-0.1, -0.05) is 41.9 Å². The molecule has 0 aliphatic carbocycles. The number of alkyl halides is 1. The lowest BCUT2D eigenvalue weighted by Gasteiger charge is -2.16. The number of benzene rings is 2. The number of nitrogens with one attached hydrogen (secondary N) is 2. The molecule has 0 bridgehead atoms. The number of amides is 2. The van der Waals surface area contributed by atoms with E-state index in [4.69, 9.17) is 11.6 Å². The van der Waals surface area contributed by atoms with E-state index < -0.39 is 18.6 Å². The van der Waals surface area contributed by atoms with Crippen LogP contribution in [0.4, 0.5) is 10.1 Å². The normalized spacial score (nSPS) is 11.6. The Hall–Kier alpha value is -2.40. The van der Waals surface area contributed by atoms with E-state index in [1.54, 1.807) is 6.07 Å². The fraction of sp³-hybridized carbons (Fsp3) is 0.222. The number of halogens is 2. The van der Waals surface area contributed by atoms with Crippen molar-refractivity contribution in [2.75, 3.05) is 12.0 Å². The summed E-state index contributed by atoms with van der Waals surface area (Å²) in [5.74, 6) is -0.736. The van der Waals surface area contributed by atoms with E-state index in [1.807, 2.05) is 30.3 Å². The van der Waals surface area contributed by atoms with Crippen molar-refractivity contribution in [2.45, 2.75) is 19.4 Å². The maximum atomic E-state index is 13.3. The van der Waals surface area contributed by atoms with E-state index in [0.717, 1.165) is 5.56 Å². The SMILES string of the molecule is CC(=O)Nc1ccc(Cl)c(C(=O)N[C@@H](CF)Cc2ccccc2)c1. The van der Waals surface area contributed by atoms with Crippen LogP contribution in [0.15, 0.2) is 48.5 Å². The summed E-state index contributed by atoms with van der Waals surface area (Å²) in [6, 6.07) is 13.3. The lowest BCUT2D eigenvalue weighted by Crippen LogP contribution is -2.38. The van der Waals surface area contributed by atoms with Gasteiger partial charge >= 0.3 is 0 Å². The molecule has 0 aliphatic rings. The van der Waals surface area contributed by atoms with Gasteiger partial charge in [-0.25, -0.2) is 4.39 Å². The third kappa shape index (κ3) is 5.06. The molecule has 24 heavy (non-hydrogen) atoms. The van der Waals surface area contributed by atoms with Crippen LogP contribution in [0, 0.1) is 0 Å². The van der Waals surface area contributed by atoms with E-state index in [2.05, 4.69) is 10.6 Å². The molecule has 2 aromatic carbocycles. The quantitative estimate of drug-likeness (QED) is 0.837. The van der Waals surface area contributed by atoms with Crippen molar-refractivity contribution >= 4 is 29.1 Å². The first-order chi connectivity index (χ1) is 11.5. The van der Waals surface area contributed by atoms with Crippen molar-refractivity contribution in [1.82, 2.24) is 5.32 Å². The fourth-order valence-corrected chi connectivity index (χ4v) is 2.49. The van der Waals surface area contributed by atoms with Crippen LogP contribution in [-0.2, 0) is 11.2 Å². The van der Waals surface area contributed by atoms with Crippen LogP contribution in [0.5, 0.6) is 0 Å². The lowest BCUT2D eigenvalue weighted by atomic mass is 10.1. The molecule has 0 saturated heterocycles. The second-order valence-electron chi connectivity index (χ2n) is 5.39. The van der Waals surface area contributed by atoms with Crippen molar-refractivity contribution in [1.29, 1.82) is 0 Å². The predicted octanol–water partition coefficient (Wildman–Crippen LogP) is 3.61. The van der Waals surface area contributed by atoms with Crippen LogP contribution < -0.4 is 10.6 Å². The summed E-state index contributed by atoms with van der Waals surface area (Å²) >= 11 is 6.05. The number of hydrogen-bond acceptors (Lipinski definition) is 2. The summed E-state index contributed by atoms with van der Waals surface area (Å²) in [6.07, 6.45) is 0.381. The van der Waals surface area contributed by atoms with Crippen LogP contribution in [-0.4, -0.2) is 24.5 Å². The smallest absolute Gasteiger partial charge is 0.253 e. The van der Waals surface area contributed by atoms with Crippen LogP contribution in [0.3, 0.4) is 0 Å². The first-order valence-electron chi connectivity index (χ1n) is 7.47. The molecule has 2 N–H and O–H groups in total. The Morgan fingerprint density at radius 3 is 2.50 bits per heavy atom. The van der Waals surface area contributed by atoms with Gasteiger partial charge in [-0.3, -0.25) is 9.59 Å². The second-order valence-corrected chi connectivity index (χ2v) is 5.80. The molecule has 2 rings (SSSR count). The zero-order chi connectivity index (χ0) is 17.5.